The molecule has 1 aliphatic carbocycles. The highest BCUT2D eigenvalue weighted by Gasteiger charge is 2.29. The molecule has 1 saturated carbocycles. The van der Waals surface area contributed by atoms with Crippen LogP contribution in [0.4, 0.5) is 0 Å². The van der Waals surface area contributed by atoms with Gasteiger partial charge in [-0.25, -0.2) is 0 Å². The summed E-state index contributed by atoms with van der Waals surface area (Å²) in [4.78, 5) is 22.5. The average Bonchev–Trinajstić information content (AvgIpc) is 2.29. The molecule has 0 bridgehead atoms. The molecule has 0 aromatic heterocycles. The normalized spacial score (nSPS) is 17.4. The Kier molecular flexibility index (Phi) is 5.63. The summed E-state index contributed by atoms with van der Waals surface area (Å²) in [7, 11) is 0. The van der Waals surface area contributed by atoms with Crippen molar-refractivity contribution in [3.63, 3.8) is 0 Å². The molecule has 18 heavy (non-hydrogen) atoms. The second-order valence-electron chi connectivity index (χ2n) is 6.01. The summed E-state index contributed by atoms with van der Waals surface area (Å²) in [6.45, 7) is 3.84. The highest BCUT2D eigenvalue weighted by molar-refractivity contribution is 5.84. The first-order valence-electron chi connectivity index (χ1n) is 6.92. The van der Waals surface area contributed by atoms with Crippen LogP contribution in [-0.2, 0) is 9.59 Å². The van der Waals surface area contributed by atoms with E-state index in [2.05, 4.69) is 5.32 Å². The second kappa shape index (κ2) is 6.76. The van der Waals surface area contributed by atoms with Crippen molar-refractivity contribution in [3.05, 3.63) is 0 Å². The molecule has 0 unspecified atom stereocenters. The molecule has 1 aliphatic rings. The van der Waals surface area contributed by atoms with Crippen LogP contribution in [0.15, 0.2) is 0 Å². The van der Waals surface area contributed by atoms with E-state index in [1.54, 1.807) is 13.8 Å². The van der Waals surface area contributed by atoms with Gasteiger partial charge in [-0.15, -0.1) is 0 Å². The third-order valence-corrected chi connectivity index (χ3v) is 3.78. The van der Waals surface area contributed by atoms with Gasteiger partial charge in [-0.3, -0.25) is 9.59 Å². The zero-order valence-corrected chi connectivity index (χ0v) is 11.5. The highest BCUT2D eigenvalue weighted by Crippen LogP contribution is 2.26. The van der Waals surface area contributed by atoms with Crippen molar-refractivity contribution in [1.82, 2.24) is 5.32 Å². The molecule has 0 heterocycles. The Morgan fingerprint density at radius 2 is 1.83 bits per heavy atom. The Morgan fingerprint density at radius 3 is 2.39 bits per heavy atom. The van der Waals surface area contributed by atoms with Gasteiger partial charge in [0.1, 0.15) is 0 Å². The summed E-state index contributed by atoms with van der Waals surface area (Å²) >= 11 is 0. The number of carboxylic acid groups (broad SMARTS) is 1. The number of carbonyl (C=O) groups excluding carboxylic acids is 1. The lowest BCUT2D eigenvalue weighted by Gasteiger charge is -2.22. The smallest absolute Gasteiger partial charge is 0.309 e. The maximum Gasteiger partial charge on any atom is 0.309 e. The van der Waals surface area contributed by atoms with Gasteiger partial charge in [0, 0.05) is 13.0 Å². The van der Waals surface area contributed by atoms with E-state index in [9.17, 15) is 9.59 Å². The molecule has 0 aliphatic heterocycles. The standard InChI is InChI=1S/C14H25NO3/c1-14(2,13(17)18)10-12(16)15-9-8-11-6-4-3-5-7-11/h11H,3-10H2,1-2H3,(H,15,16)(H,17,18). The molecule has 0 atom stereocenters. The Balaban J connectivity index is 2.18. The number of carboxylic acids is 1. The Morgan fingerprint density at radius 1 is 1.22 bits per heavy atom. The first-order valence-corrected chi connectivity index (χ1v) is 6.92. The van der Waals surface area contributed by atoms with E-state index in [4.69, 9.17) is 5.11 Å². The topological polar surface area (TPSA) is 66.4 Å². The average molecular weight is 255 g/mol. The van der Waals surface area contributed by atoms with Gasteiger partial charge >= 0.3 is 5.97 Å². The van der Waals surface area contributed by atoms with Crippen LogP contribution in [0.2, 0.25) is 0 Å². The summed E-state index contributed by atoms with van der Waals surface area (Å²) in [6, 6.07) is 0. The Hall–Kier alpha value is -1.06. The minimum absolute atomic E-state index is 0.0486. The van der Waals surface area contributed by atoms with Crippen LogP contribution in [0.5, 0.6) is 0 Å². The van der Waals surface area contributed by atoms with Crippen molar-refractivity contribution >= 4 is 11.9 Å². The second-order valence-corrected chi connectivity index (χ2v) is 6.01. The van der Waals surface area contributed by atoms with E-state index in [1.165, 1.54) is 32.1 Å². The van der Waals surface area contributed by atoms with Crippen LogP contribution in [0.1, 0.15) is 58.8 Å². The maximum absolute atomic E-state index is 11.6. The van der Waals surface area contributed by atoms with Crippen molar-refractivity contribution in [2.75, 3.05) is 6.54 Å². The van der Waals surface area contributed by atoms with E-state index in [-0.39, 0.29) is 12.3 Å². The molecule has 0 aromatic carbocycles. The molecule has 1 fully saturated rings. The van der Waals surface area contributed by atoms with Gasteiger partial charge in [-0.1, -0.05) is 32.1 Å². The molecule has 104 valence electrons. The lowest BCUT2D eigenvalue weighted by Crippen LogP contribution is -2.34. The summed E-state index contributed by atoms with van der Waals surface area (Å²) in [6.07, 6.45) is 7.59. The van der Waals surface area contributed by atoms with Crippen LogP contribution in [0, 0.1) is 11.3 Å². The van der Waals surface area contributed by atoms with Gasteiger partial charge in [-0.2, -0.15) is 0 Å². The Labute approximate surface area is 109 Å². The largest absolute Gasteiger partial charge is 0.481 e. The van der Waals surface area contributed by atoms with Crippen molar-refractivity contribution in [3.8, 4) is 0 Å². The molecule has 2 N–H and O–H groups in total. The fourth-order valence-electron chi connectivity index (χ4n) is 2.43. The van der Waals surface area contributed by atoms with Gasteiger partial charge in [0.2, 0.25) is 5.91 Å². The van der Waals surface area contributed by atoms with Crippen LogP contribution in [-0.4, -0.2) is 23.5 Å². The van der Waals surface area contributed by atoms with Crippen LogP contribution in [0.25, 0.3) is 0 Å². The lowest BCUT2D eigenvalue weighted by molar-refractivity contribution is -0.149. The SMILES string of the molecule is CC(C)(CC(=O)NCCC1CCCCC1)C(=O)O. The summed E-state index contributed by atoms with van der Waals surface area (Å²) in [5.41, 5.74) is -0.977. The molecule has 0 radical (unpaired) electrons. The van der Waals surface area contributed by atoms with E-state index in [1.807, 2.05) is 0 Å². The van der Waals surface area contributed by atoms with Crippen LogP contribution < -0.4 is 5.32 Å². The van der Waals surface area contributed by atoms with Crippen molar-refractivity contribution in [1.29, 1.82) is 0 Å². The molecule has 4 nitrogen and oxygen atoms in total. The predicted octanol–water partition coefficient (Wildman–Crippen LogP) is 2.57. The fourth-order valence-corrected chi connectivity index (χ4v) is 2.43. The third-order valence-electron chi connectivity index (χ3n) is 3.78. The predicted molar refractivity (Wildman–Crippen MR) is 70.2 cm³/mol. The van der Waals surface area contributed by atoms with Crippen molar-refractivity contribution in [2.24, 2.45) is 11.3 Å². The summed E-state index contributed by atoms with van der Waals surface area (Å²) in [5, 5.41) is 11.8. The first kappa shape index (κ1) is 15.0. The van der Waals surface area contributed by atoms with Gasteiger partial charge < -0.3 is 10.4 Å². The molecular weight excluding hydrogens is 230 g/mol. The number of amides is 1. The van der Waals surface area contributed by atoms with Gasteiger partial charge in [0.05, 0.1) is 5.41 Å². The van der Waals surface area contributed by atoms with E-state index >= 15 is 0 Å². The first-order chi connectivity index (χ1) is 8.42. The molecule has 1 rings (SSSR count). The zero-order chi connectivity index (χ0) is 13.6. The molecule has 0 spiro atoms. The third kappa shape index (κ3) is 5.07. The summed E-state index contributed by atoms with van der Waals surface area (Å²) in [5.74, 6) is -0.338. The number of nitrogens with one attached hydrogen (secondary N) is 1. The number of carbonyl (C=O) groups is 2. The zero-order valence-electron chi connectivity index (χ0n) is 11.5. The number of aliphatic carboxylic acids is 1. The fraction of sp³-hybridized carbons (Fsp3) is 0.857. The number of hydrogen-bond acceptors (Lipinski definition) is 2. The number of rotatable bonds is 6. The highest BCUT2D eigenvalue weighted by atomic mass is 16.4. The molecular formula is C14H25NO3. The van der Waals surface area contributed by atoms with Crippen molar-refractivity contribution < 1.29 is 14.7 Å². The monoisotopic (exact) mass is 255 g/mol. The van der Waals surface area contributed by atoms with E-state index in [0.717, 1.165) is 12.3 Å². The van der Waals surface area contributed by atoms with Crippen molar-refractivity contribution in [2.45, 2.75) is 58.8 Å². The minimum Gasteiger partial charge on any atom is -0.481 e. The van der Waals surface area contributed by atoms with Gasteiger partial charge in [0.25, 0.3) is 0 Å². The molecule has 0 aromatic rings. The van der Waals surface area contributed by atoms with E-state index in [0.29, 0.717) is 6.54 Å². The molecule has 1 amide bonds. The Bertz CT molecular complexity index is 293. The lowest BCUT2D eigenvalue weighted by atomic mass is 9.87. The quantitative estimate of drug-likeness (QED) is 0.766. The molecule has 0 saturated heterocycles. The van der Waals surface area contributed by atoms with Crippen LogP contribution >= 0.6 is 0 Å². The van der Waals surface area contributed by atoms with E-state index < -0.39 is 11.4 Å². The van der Waals surface area contributed by atoms with Crippen LogP contribution in [0.3, 0.4) is 0 Å². The maximum atomic E-state index is 11.6. The number of hydrogen-bond donors (Lipinski definition) is 2. The summed E-state index contributed by atoms with van der Waals surface area (Å²) < 4.78 is 0. The van der Waals surface area contributed by atoms with Gasteiger partial charge in [0.15, 0.2) is 0 Å². The minimum atomic E-state index is -0.977. The molecule has 4 heteroatoms. The van der Waals surface area contributed by atoms with Gasteiger partial charge in [-0.05, 0) is 26.2 Å².